The summed E-state index contributed by atoms with van der Waals surface area (Å²) >= 11 is 0. The quantitative estimate of drug-likeness (QED) is 0.354. The van der Waals surface area contributed by atoms with E-state index < -0.39 is 7.12 Å². The second kappa shape index (κ2) is 9.33. The van der Waals surface area contributed by atoms with Gasteiger partial charge in [0.25, 0.3) is 0 Å². The Morgan fingerprint density at radius 3 is 2.24 bits per heavy atom. The molecule has 98 valence electrons. The van der Waals surface area contributed by atoms with Gasteiger partial charge < -0.3 is 21.5 Å². The van der Waals surface area contributed by atoms with Crippen LogP contribution in [-0.2, 0) is 9.59 Å². The Hall–Kier alpha value is -0.715. The van der Waals surface area contributed by atoms with E-state index in [0.717, 1.165) is 32.1 Å². The number of hydrogen-bond acceptors (Lipinski definition) is 6. The summed E-state index contributed by atoms with van der Waals surface area (Å²) < 4.78 is 0. The summed E-state index contributed by atoms with van der Waals surface area (Å²) in [4.78, 5) is 16.2. The molecule has 0 aliphatic heterocycles. The second-order valence-corrected chi connectivity index (χ2v) is 4.50. The lowest BCUT2D eigenvalue weighted by Crippen LogP contribution is -2.45. The van der Waals surface area contributed by atoms with Gasteiger partial charge in [-0.25, -0.2) is 0 Å². The van der Waals surface area contributed by atoms with E-state index in [4.69, 9.17) is 31.1 Å². The highest BCUT2D eigenvalue weighted by Crippen LogP contribution is 2.29. The Morgan fingerprint density at radius 2 is 1.82 bits per heavy atom. The minimum absolute atomic E-state index is 0.250. The van der Waals surface area contributed by atoms with Crippen LogP contribution in [0.1, 0.15) is 32.1 Å². The van der Waals surface area contributed by atoms with Crippen molar-refractivity contribution in [2.45, 2.75) is 50.5 Å². The van der Waals surface area contributed by atoms with Crippen molar-refractivity contribution < 1.29 is 19.6 Å². The van der Waals surface area contributed by atoms with Crippen molar-refractivity contribution in [2.24, 2.45) is 17.4 Å². The SMILES string of the molecule is NC1CC(C(N)CCCCB(O)O)C1.O=C=O. The van der Waals surface area contributed by atoms with Crippen LogP contribution in [0, 0.1) is 5.92 Å². The molecule has 0 heterocycles. The summed E-state index contributed by atoms with van der Waals surface area (Å²) in [7, 11) is -1.16. The number of carbonyl (C=O) groups excluding carboxylic acids is 2. The Balaban J connectivity index is 0.000000770. The minimum Gasteiger partial charge on any atom is -0.427 e. The molecule has 0 saturated heterocycles. The molecule has 1 atom stereocenters. The molecular formula is C10H21BN2O4. The molecule has 7 heteroatoms. The van der Waals surface area contributed by atoms with Gasteiger partial charge in [-0.15, -0.1) is 0 Å². The van der Waals surface area contributed by atoms with E-state index >= 15 is 0 Å². The topological polar surface area (TPSA) is 127 Å². The van der Waals surface area contributed by atoms with Gasteiger partial charge in [-0.1, -0.05) is 12.8 Å². The van der Waals surface area contributed by atoms with E-state index in [1.165, 1.54) is 0 Å². The van der Waals surface area contributed by atoms with Crippen LogP contribution in [0.2, 0.25) is 6.32 Å². The molecule has 0 amide bonds. The van der Waals surface area contributed by atoms with Gasteiger partial charge in [-0.3, -0.25) is 0 Å². The monoisotopic (exact) mass is 244 g/mol. The molecule has 0 bridgehead atoms. The van der Waals surface area contributed by atoms with E-state index in [0.29, 0.717) is 18.3 Å². The standard InChI is InChI=1S/C9H21BN2O2.CO2/c11-8-5-7(6-8)9(12)3-1-2-4-10(13)14;2-1-3/h7-9,13-14H,1-6,11-12H2;. The largest absolute Gasteiger partial charge is 0.451 e. The number of nitrogens with two attached hydrogens (primary N) is 2. The zero-order valence-electron chi connectivity index (χ0n) is 9.92. The molecule has 1 saturated carbocycles. The third-order valence-corrected chi connectivity index (χ3v) is 3.07. The maximum Gasteiger partial charge on any atom is 0.451 e. The van der Waals surface area contributed by atoms with Crippen LogP contribution in [-0.4, -0.2) is 35.4 Å². The Bertz CT molecular complexity index is 228. The van der Waals surface area contributed by atoms with Crippen molar-refractivity contribution in [1.82, 2.24) is 0 Å². The molecular weight excluding hydrogens is 223 g/mol. The lowest BCUT2D eigenvalue weighted by molar-refractivity contribution is -0.191. The first kappa shape index (κ1) is 16.3. The highest BCUT2D eigenvalue weighted by Gasteiger charge is 2.30. The van der Waals surface area contributed by atoms with Crippen LogP contribution >= 0.6 is 0 Å². The predicted molar refractivity (Wildman–Crippen MR) is 62.5 cm³/mol. The third kappa shape index (κ3) is 8.07. The molecule has 0 aromatic carbocycles. The summed E-state index contributed by atoms with van der Waals surface area (Å²) in [6.45, 7) is 0. The van der Waals surface area contributed by atoms with Gasteiger partial charge in [0.15, 0.2) is 0 Å². The summed E-state index contributed by atoms with van der Waals surface area (Å²) in [5.41, 5.74) is 11.7. The highest BCUT2D eigenvalue weighted by molar-refractivity contribution is 6.40. The Kier molecular flexibility index (Phi) is 8.94. The Morgan fingerprint density at radius 1 is 1.29 bits per heavy atom. The fraction of sp³-hybridized carbons (Fsp3) is 0.900. The van der Waals surface area contributed by atoms with Crippen LogP contribution in [0.5, 0.6) is 0 Å². The minimum atomic E-state index is -1.16. The fourth-order valence-corrected chi connectivity index (χ4v) is 2.00. The van der Waals surface area contributed by atoms with Crippen molar-refractivity contribution in [3.05, 3.63) is 0 Å². The lowest BCUT2D eigenvalue weighted by Gasteiger charge is -2.36. The molecule has 0 aromatic rings. The van der Waals surface area contributed by atoms with E-state index in [-0.39, 0.29) is 12.2 Å². The fourth-order valence-electron chi connectivity index (χ4n) is 2.00. The molecule has 0 spiro atoms. The van der Waals surface area contributed by atoms with E-state index in [9.17, 15) is 0 Å². The molecule has 1 aliphatic rings. The maximum absolute atomic E-state index is 8.63. The van der Waals surface area contributed by atoms with Gasteiger partial charge in [0.05, 0.1) is 0 Å². The predicted octanol–water partition coefficient (Wildman–Crippen LogP) is -0.889. The number of rotatable bonds is 6. The summed E-state index contributed by atoms with van der Waals surface area (Å²) in [6.07, 6.45) is 5.61. The van der Waals surface area contributed by atoms with Crippen LogP contribution in [0.3, 0.4) is 0 Å². The lowest BCUT2D eigenvalue weighted by atomic mass is 9.74. The molecule has 0 radical (unpaired) electrons. The normalized spacial score (nSPS) is 23.8. The van der Waals surface area contributed by atoms with E-state index in [1.807, 2.05) is 0 Å². The molecule has 1 fully saturated rings. The molecule has 1 rings (SSSR count). The van der Waals surface area contributed by atoms with Crippen LogP contribution < -0.4 is 11.5 Å². The number of unbranched alkanes of at least 4 members (excludes halogenated alkanes) is 1. The molecule has 17 heavy (non-hydrogen) atoms. The van der Waals surface area contributed by atoms with Gasteiger partial charge in [-0.05, 0) is 31.5 Å². The zero-order valence-corrected chi connectivity index (χ0v) is 9.92. The summed E-state index contributed by atoms with van der Waals surface area (Å²) in [6, 6.07) is 0.621. The first-order valence-electron chi connectivity index (χ1n) is 5.87. The third-order valence-electron chi connectivity index (χ3n) is 3.07. The van der Waals surface area contributed by atoms with Gasteiger partial charge in [0, 0.05) is 12.1 Å². The van der Waals surface area contributed by atoms with Crippen molar-refractivity contribution in [3.63, 3.8) is 0 Å². The molecule has 0 aromatic heterocycles. The van der Waals surface area contributed by atoms with E-state index in [2.05, 4.69) is 0 Å². The molecule has 6 N–H and O–H groups in total. The van der Waals surface area contributed by atoms with Crippen molar-refractivity contribution >= 4 is 13.3 Å². The number of hydrogen-bond donors (Lipinski definition) is 4. The highest BCUT2D eigenvalue weighted by atomic mass is 16.4. The zero-order chi connectivity index (χ0) is 13.3. The average Bonchev–Trinajstić information content (AvgIpc) is 2.20. The maximum atomic E-state index is 8.63. The van der Waals surface area contributed by atoms with Crippen LogP contribution in [0.25, 0.3) is 0 Å². The molecule has 6 nitrogen and oxygen atoms in total. The van der Waals surface area contributed by atoms with Crippen molar-refractivity contribution in [2.75, 3.05) is 0 Å². The second-order valence-electron chi connectivity index (χ2n) is 4.50. The van der Waals surface area contributed by atoms with Crippen molar-refractivity contribution in [1.29, 1.82) is 0 Å². The average molecular weight is 244 g/mol. The summed E-state index contributed by atoms with van der Waals surface area (Å²) in [5, 5.41) is 17.3. The van der Waals surface area contributed by atoms with Gasteiger partial charge in [0.2, 0.25) is 0 Å². The van der Waals surface area contributed by atoms with Crippen LogP contribution in [0.15, 0.2) is 0 Å². The van der Waals surface area contributed by atoms with Crippen molar-refractivity contribution in [3.8, 4) is 0 Å². The first-order chi connectivity index (χ1) is 8.01. The van der Waals surface area contributed by atoms with E-state index in [1.54, 1.807) is 0 Å². The smallest absolute Gasteiger partial charge is 0.427 e. The first-order valence-corrected chi connectivity index (χ1v) is 5.87. The van der Waals surface area contributed by atoms with Gasteiger partial charge in [0.1, 0.15) is 0 Å². The van der Waals surface area contributed by atoms with Gasteiger partial charge in [-0.2, -0.15) is 9.59 Å². The molecule has 1 aliphatic carbocycles. The molecule has 1 unspecified atom stereocenters. The van der Waals surface area contributed by atoms with Gasteiger partial charge >= 0.3 is 13.3 Å². The Labute approximate surface area is 102 Å². The van der Waals surface area contributed by atoms with Crippen LogP contribution in [0.4, 0.5) is 0 Å². The summed E-state index contributed by atoms with van der Waals surface area (Å²) in [5.74, 6) is 0.601.